The van der Waals surface area contributed by atoms with E-state index in [1.165, 1.54) is 33.3 Å². The van der Waals surface area contributed by atoms with Gasteiger partial charge in [0.05, 0.1) is 13.2 Å². The van der Waals surface area contributed by atoms with Crippen LogP contribution in [0.5, 0.6) is 0 Å². The van der Waals surface area contributed by atoms with Crippen LogP contribution in [0, 0.1) is 6.92 Å². The molecule has 1 aliphatic heterocycles. The van der Waals surface area contributed by atoms with Gasteiger partial charge >= 0.3 is 0 Å². The second-order valence-corrected chi connectivity index (χ2v) is 4.36. The van der Waals surface area contributed by atoms with Crippen molar-refractivity contribution in [2.75, 3.05) is 6.61 Å². The second-order valence-electron chi connectivity index (χ2n) is 4.36. The lowest BCUT2D eigenvalue weighted by atomic mass is 10.0. The van der Waals surface area contributed by atoms with Crippen molar-refractivity contribution in [3.63, 3.8) is 0 Å². The molecule has 2 aromatic rings. The van der Waals surface area contributed by atoms with Gasteiger partial charge < -0.3 is 15.5 Å². The molecule has 0 saturated heterocycles. The van der Waals surface area contributed by atoms with Gasteiger partial charge in [-0.15, -0.1) is 0 Å². The fourth-order valence-corrected chi connectivity index (χ4v) is 2.50. The Bertz CT molecular complexity index is 542. The van der Waals surface area contributed by atoms with Gasteiger partial charge in [0.25, 0.3) is 0 Å². The summed E-state index contributed by atoms with van der Waals surface area (Å²) in [4.78, 5) is 3.52. The van der Waals surface area contributed by atoms with Crippen molar-refractivity contribution in [1.29, 1.82) is 0 Å². The molecule has 0 spiro atoms. The third-order valence-electron chi connectivity index (χ3n) is 3.51. The van der Waals surface area contributed by atoms with Crippen LogP contribution in [0.25, 0.3) is 10.9 Å². The molecular weight excluding hydrogens is 200 g/mol. The summed E-state index contributed by atoms with van der Waals surface area (Å²) in [6.07, 6.45) is 0.988. The minimum atomic E-state index is 0.599. The van der Waals surface area contributed by atoms with Crippen molar-refractivity contribution in [3.05, 3.63) is 34.5 Å². The lowest BCUT2D eigenvalue weighted by Crippen LogP contribution is -2.08. The Balaban J connectivity index is 2.30. The van der Waals surface area contributed by atoms with E-state index in [-0.39, 0.29) is 0 Å². The molecule has 3 heteroatoms. The largest absolute Gasteiger partial charge is 0.376 e. The summed E-state index contributed by atoms with van der Waals surface area (Å²) in [5.74, 6) is 0. The number of benzene rings is 1. The third kappa shape index (κ3) is 1.29. The Kier molecular flexibility index (Phi) is 2.23. The number of aromatic amines is 1. The van der Waals surface area contributed by atoms with E-state index in [4.69, 9.17) is 10.5 Å². The highest BCUT2D eigenvalue weighted by Gasteiger charge is 2.17. The van der Waals surface area contributed by atoms with Crippen molar-refractivity contribution >= 4 is 10.9 Å². The average molecular weight is 216 g/mol. The Labute approximate surface area is 94.6 Å². The van der Waals surface area contributed by atoms with E-state index < -0.39 is 0 Å². The van der Waals surface area contributed by atoms with Crippen LogP contribution in [0.15, 0.2) is 12.1 Å². The zero-order chi connectivity index (χ0) is 11.1. The molecule has 0 amide bonds. The Hall–Kier alpha value is -1.32. The summed E-state index contributed by atoms with van der Waals surface area (Å²) in [5.41, 5.74) is 12.1. The molecule has 16 heavy (non-hydrogen) atoms. The molecule has 0 unspecified atom stereocenters. The van der Waals surface area contributed by atoms with Crippen LogP contribution < -0.4 is 5.73 Å². The van der Waals surface area contributed by atoms with E-state index in [0.717, 1.165) is 19.6 Å². The van der Waals surface area contributed by atoms with Gasteiger partial charge in [-0.05, 0) is 18.1 Å². The monoisotopic (exact) mass is 216 g/mol. The Morgan fingerprint density at radius 2 is 2.31 bits per heavy atom. The number of H-pyrrole nitrogens is 1. The van der Waals surface area contributed by atoms with Gasteiger partial charge in [0.2, 0.25) is 0 Å². The molecule has 0 aliphatic carbocycles. The lowest BCUT2D eigenvalue weighted by molar-refractivity contribution is 0.111. The van der Waals surface area contributed by atoms with E-state index in [2.05, 4.69) is 24.0 Å². The number of hydrogen-bond donors (Lipinski definition) is 2. The minimum absolute atomic E-state index is 0.599. The maximum atomic E-state index is 5.73. The summed E-state index contributed by atoms with van der Waals surface area (Å²) in [5, 5.41) is 1.30. The molecule has 3 N–H and O–H groups in total. The van der Waals surface area contributed by atoms with Crippen molar-refractivity contribution in [1.82, 2.24) is 4.98 Å². The maximum Gasteiger partial charge on any atom is 0.0740 e. The summed E-state index contributed by atoms with van der Waals surface area (Å²) >= 11 is 0. The molecular formula is C13H16N2O. The zero-order valence-electron chi connectivity index (χ0n) is 9.47. The molecule has 1 aliphatic rings. The fourth-order valence-electron chi connectivity index (χ4n) is 2.50. The van der Waals surface area contributed by atoms with E-state index in [9.17, 15) is 0 Å². The number of rotatable bonds is 1. The fraction of sp³-hybridized carbons (Fsp3) is 0.385. The standard InChI is InChI=1S/C13H16N2O/c1-8-9(6-14)2-3-10-11-7-16-5-4-12(11)15-13(8)10/h2-3,15H,4-7,14H2,1H3. The molecule has 0 radical (unpaired) electrons. The van der Waals surface area contributed by atoms with Crippen molar-refractivity contribution in [3.8, 4) is 0 Å². The molecule has 0 fully saturated rings. The smallest absolute Gasteiger partial charge is 0.0740 e. The SMILES string of the molecule is Cc1c(CN)ccc2c3c([nH]c12)CCOC3. The highest BCUT2D eigenvalue weighted by molar-refractivity contribution is 5.88. The number of fused-ring (bicyclic) bond motifs is 3. The molecule has 1 aromatic carbocycles. The first-order valence-electron chi connectivity index (χ1n) is 5.71. The van der Waals surface area contributed by atoms with Crippen LogP contribution in [0.1, 0.15) is 22.4 Å². The number of nitrogens with one attached hydrogen (secondary N) is 1. The molecule has 0 saturated carbocycles. The Morgan fingerprint density at radius 1 is 1.44 bits per heavy atom. The number of aryl methyl sites for hydroxylation is 1. The normalized spacial score (nSPS) is 15.4. The molecule has 1 aromatic heterocycles. The molecule has 0 bridgehead atoms. The van der Waals surface area contributed by atoms with E-state index in [1.54, 1.807) is 0 Å². The number of ether oxygens (including phenoxy) is 1. The summed E-state index contributed by atoms with van der Waals surface area (Å²) < 4.78 is 5.51. The van der Waals surface area contributed by atoms with Crippen LogP contribution in [-0.4, -0.2) is 11.6 Å². The molecule has 84 valence electrons. The number of nitrogens with two attached hydrogens (primary N) is 1. The van der Waals surface area contributed by atoms with Crippen molar-refractivity contribution in [2.45, 2.75) is 26.5 Å². The minimum Gasteiger partial charge on any atom is -0.376 e. The van der Waals surface area contributed by atoms with Gasteiger partial charge in [-0.25, -0.2) is 0 Å². The molecule has 3 rings (SSSR count). The summed E-state index contributed by atoms with van der Waals surface area (Å²) in [6, 6.07) is 4.29. The van der Waals surface area contributed by atoms with E-state index >= 15 is 0 Å². The van der Waals surface area contributed by atoms with Crippen molar-refractivity contribution in [2.24, 2.45) is 5.73 Å². The van der Waals surface area contributed by atoms with E-state index in [0.29, 0.717) is 6.54 Å². The van der Waals surface area contributed by atoms with Crippen LogP contribution in [0.2, 0.25) is 0 Å². The van der Waals surface area contributed by atoms with Gasteiger partial charge in [-0.1, -0.05) is 12.1 Å². The van der Waals surface area contributed by atoms with Gasteiger partial charge in [-0.2, -0.15) is 0 Å². The number of aromatic nitrogens is 1. The van der Waals surface area contributed by atoms with E-state index in [1.807, 2.05) is 0 Å². The van der Waals surface area contributed by atoms with Crippen LogP contribution in [0.3, 0.4) is 0 Å². The van der Waals surface area contributed by atoms with Crippen molar-refractivity contribution < 1.29 is 4.74 Å². The van der Waals surface area contributed by atoms with Gasteiger partial charge in [0, 0.05) is 35.1 Å². The average Bonchev–Trinajstić information content (AvgIpc) is 2.69. The quantitative estimate of drug-likeness (QED) is 0.766. The first kappa shape index (κ1) is 9.87. The summed E-state index contributed by atoms with van der Waals surface area (Å²) in [6.45, 7) is 4.29. The first-order chi connectivity index (χ1) is 7.81. The van der Waals surface area contributed by atoms with Gasteiger partial charge in [-0.3, -0.25) is 0 Å². The lowest BCUT2D eigenvalue weighted by Gasteiger charge is -2.11. The highest BCUT2D eigenvalue weighted by atomic mass is 16.5. The maximum absolute atomic E-state index is 5.73. The van der Waals surface area contributed by atoms with Gasteiger partial charge in [0.15, 0.2) is 0 Å². The highest BCUT2D eigenvalue weighted by Crippen LogP contribution is 2.29. The second kappa shape index (κ2) is 3.61. The summed E-state index contributed by atoms with van der Waals surface area (Å²) in [7, 11) is 0. The molecule has 2 heterocycles. The number of hydrogen-bond acceptors (Lipinski definition) is 2. The molecule has 0 atom stereocenters. The Morgan fingerprint density at radius 3 is 3.12 bits per heavy atom. The first-order valence-corrected chi connectivity index (χ1v) is 5.71. The zero-order valence-corrected chi connectivity index (χ0v) is 9.47. The van der Waals surface area contributed by atoms with Crippen LogP contribution in [0.4, 0.5) is 0 Å². The molecule has 3 nitrogen and oxygen atoms in total. The predicted octanol–water partition coefficient (Wildman–Crippen LogP) is 2.01. The van der Waals surface area contributed by atoms with Crippen LogP contribution >= 0.6 is 0 Å². The topological polar surface area (TPSA) is 51.0 Å². The predicted molar refractivity (Wildman–Crippen MR) is 64.3 cm³/mol. The van der Waals surface area contributed by atoms with Crippen LogP contribution in [-0.2, 0) is 24.3 Å². The third-order valence-corrected chi connectivity index (χ3v) is 3.51. The van der Waals surface area contributed by atoms with Gasteiger partial charge in [0.1, 0.15) is 0 Å².